The van der Waals surface area contributed by atoms with Crippen LogP contribution in [0.5, 0.6) is 0 Å². The molecular formula is C10H18N4Si. The first kappa shape index (κ1) is 10.5. The Morgan fingerprint density at radius 2 is 1.93 bits per heavy atom. The lowest BCUT2D eigenvalue weighted by atomic mass is 10.5. The molecule has 0 unspecified atom stereocenters. The number of anilines is 1. The average molecular weight is 222 g/mol. The maximum atomic E-state index is 4.29. The van der Waals surface area contributed by atoms with Crippen molar-refractivity contribution in [2.45, 2.75) is 38.4 Å². The summed E-state index contributed by atoms with van der Waals surface area (Å²) in [4.78, 5) is 12.5. The van der Waals surface area contributed by atoms with Crippen LogP contribution in [0.4, 0.5) is 5.95 Å². The predicted octanol–water partition coefficient (Wildman–Crippen LogP) is 2.07. The Bertz CT molecular complexity index is 312. The lowest BCUT2D eigenvalue weighted by Crippen LogP contribution is -2.48. The van der Waals surface area contributed by atoms with Gasteiger partial charge in [0.2, 0.25) is 5.95 Å². The molecule has 0 saturated carbocycles. The summed E-state index contributed by atoms with van der Waals surface area (Å²) >= 11 is 0. The second-order valence-electron chi connectivity index (χ2n) is 4.12. The Balaban J connectivity index is 2.29. The molecule has 2 rings (SSSR count). The van der Waals surface area contributed by atoms with Crippen molar-refractivity contribution in [3.63, 3.8) is 0 Å². The van der Waals surface area contributed by atoms with Crippen LogP contribution in [0.3, 0.4) is 0 Å². The van der Waals surface area contributed by atoms with E-state index in [9.17, 15) is 0 Å². The Morgan fingerprint density at radius 1 is 1.27 bits per heavy atom. The normalized spacial score (nSPS) is 19.5. The van der Waals surface area contributed by atoms with E-state index < -0.39 is 8.24 Å². The quantitative estimate of drug-likeness (QED) is 0.734. The SMILES string of the molecule is CC[Si]1(CC)CCCN1c1ncncn1. The van der Waals surface area contributed by atoms with Crippen LogP contribution >= 0.6 is 0 Å². The third-order valence-corrected chi connectivity index (χ3v) is 9.12. The molecule has 0 N–H and O–H groups in total. The molecule has 1 aliphatic heterocycles. The molecule has 1 fully saturated rings. The van der Waals surface area contributed by atoms with Crippen molar-refractivity contribution >= 4 is 14.2 Å². The molecule has 2 heterocycles. The van der Waals surface area contributed by atoms with Gasteiger partial charge in [-0.05, 0) is 24.6 Å². The van der Waals surface area contributed by atoms with Crippen LogP contribution < -0.4 is 4.57 Å². The zero-order valence-corrected chi connectivity index (χ0v) is 10.5. The van der Waals surface area contributed by atoms with E-state index in [4.69, 9.17) is 0 Å². The van der Waals surface area contributed by atoms with E-state index >= 15 is 0 Å². The van der Waals surface area contributed by atoms with E-state index in [-0.39, 0.29) is 0 Å². The third kappa shape index (κ3) is 1.76. The van der Waals surface area contributed by atoms with Gasteiger partial charge in [-0.15, -0.1) is 0 Å². The summed E-state index contributed by atoms with van der Waals surface area (Å²) in [6.07, 6.45) is 4.51. The first-order valence-corrected chi connectivity index (χ1v) is 8.29. The van der Waals surface area contributed by atoms with Gasteiger partial charge in [0.25, 0.3) is 0 Å². The maximum absolute atomic E-state index is 4.29. The minimum atomic E-state index is -1.27. The average Bonchev–Trinajstić information content (AvgIpc) is 2.74. The van der Waals surface area contributed by atoms with E-state index in [2.05, 4.69) is 33.4 Å². The van der Waals surface area contributed by atoms with Crippen LogP contribution in [0.2, 0.25) is 18.1 Å². The molecule has 0 aliphatic carbocycles. The van der Waals surface area contributed by atoms with E-state index in [1.54, 1.807) is 12.7 Å². The third-order valence-electron chi connectivity index (χ3n) is 3.63. The van der Waals surface area contributed by atoms with Crippen LogP contribution in [0.1, 0.15) is 20.3 Å². The summed E-state index contributed by atoms with van der Waals surface area (Å²) in [6.45, 7) is 5.77. The van der Waals surface area contributed by atoms with Crippen molar-refractivity contribution in [3.8, 4) is 0 Å². The number of rotatable bonds is 3. The first-order valence-electron chi connectivity index (χ1n) is 5.72. The van der Waals surface area contributed by atoms with E-state index in [1.807, 2.05) is 0 Å². The molecule has 1 aromatic heterocycles. The Hall–Kier alpha value is -0.973. The molecular weight excluding hydrogens is 204 g/mol. The molecule has 0 amide bonds. The van der Waals surface area contributed by atoms with Gasteiger partial charge >= 0.3 is 0 Å². The van der Waals surface area contributed by atoms with Gasteiger partial charge in [0.05, 0.1) is 0 Å². The fraction of sp³-hybridized carbons (Fsp3) is 0.700. The van der Waals surface area contributed by atoms with Crippen molar-refractivity contribution in [1.82, 2.24) is 15.0 Å². The smallest absolute Gasteiger partial charge is 0.220 e. The van der Waals surface area contributed by atoms with E-state index in [1.165, 1.54) is 24.6 Å². The van der Waals surface area contributed by atoms with Crippen LogP contribution in [0.15, 0.2) is 12.7 Å². The van der Waals surface area contributed by atoms with Crippen molar-refractivity contribution in [1.29, 1.82) is 0 Å². The molecule has 1 aliphatic rings. The molecule has 0 atom stereocenters. The summed E-state index contributed by atoms with van der Waals surface area (Å²) in [7, 11) is -1.27. The van der Waals surface area contributed by atoms with Crippen molar-refractivity contribution < 1.29 is 0 Å². The van der Waals surface area contributed by atoms with Crippen molar-refractivity contribution in [3.05, 3.63) is 12.7 Å². The molecule has 0 aromatic carbocycles. The molecule has 0 radical (unpaired) electrons. The number of aromatic nitrogens is 3. The minimum absolute atomic E-state index is 0.901. The highest BCUT2D eigenvalue weighted by molar-refractivity contribution is 6.83. The van der Waals surface area contributed by atoms with E-state index in [0.717, 1.165) is 12.5 Å². The molecule has 82 valence electrons. The maximum Gasteiger partial charge on any atom is 0.220 e. The zero-order valence-electron chi connectivity index (χ0n) is 9.48. The van der Waals surface area contributed by atoms with Gasteiger partial charge in [-0.25, -0.2) is 15.0 Å². The fourth-order valence-electron chi connectivity index (χ4n) is 2.61. The standard InChI is InChI=1S/C10H18N4Si/c1-3-15(4-2)7-5-6-14(15)10-12-8-11-9-13-10/h8-9H,3-7H2,1-2H3. The van der Waals surface area contributed by atoms with Crippen LogP contribution in [0.25, 0.3) is 0 Å². The summed E-state index contributed by atoms with van der Waals surface area (Å²) in [5.74, 6) is 0.901. The molecule has 0 spiro atoms. The molecule has 1 aromatic rings. The molecule has 4 nitrogen and oxygen atoms in total. The molecule has 5 heteroatoms. The number of nitrogens with zero attached hydrogens (tertiary/aromatic N) is 4. The molecule has 15 heavy (non-hydrogen) atoms. The van der Waals surface area contributed by atoms with Gasteiger partial charge in [0, 0.05) is 6.54 Å². The minimum Gasteiger partial charge on any atom is -0.367 e. The summed E-state index contributed by atoms with van der Waals surface area (Å²) in [5.41, 5.74) is 0. The fourth-order valence-corrected chi connectivity index (χ4v) is 6.84. The van der Waals surface area contributed by atoms with Crippen LogP contribution in [0, 0.1) is 0 Å². The summed E-state index contributed by atoms with van der Waals surface area (Å²) < 4.78 is 2.49. The van der Waals surface area contributed by atoms with Crippen molar-refractivity contribution in [2.24, 2.45) is 0 Å². The Labute approximate surface area is 91.9 Å². The largest absolute Gasteiger partial charge is 0.367 e. The highest BCUT2D eigenvalue weighted by atomic mass is 28.3. The van der Waals surface area contributed by atoms with Gasteiger partial charge < -0.3 is 4.57 Å². The van der Waals surface area contributed by atoms with Gasteiger partial charge in [0.15, 0.2) is 8.24 Å². The van der Waals surface area contributed by atoms with Gasteiger partial charge in [0.1, 0.15) is 12.7 Å². The van der Waals surface area contributed by atoms with Crippen LogP contribution in [-0.2, 0) is 0 Å². The summed E-state index contributed by atoms with van der Waals surface area (Å²) in [5, 5.41) is 0. The predicted molar refractivity (Wildman–Crippen MR) is 63.3 cm³/mol. The van der Waals surface area contributed by atoms with E-state index in [0.29, 0.717) is 0 Å². The van der Waals surface area contributed by atoms with Gasteiger partial charge in [-0.2, -0.15) is 0 Å². The zero-order chi connectivity index (χ0) is 10.7. The molecule has 1 saturated heterocycles. The van der Waals surface area contributed by atoms with Crippen LogP contribution in [-0.4, -0.2) is 29.7 Å². The highest BCUT2D eigenvalue weighted by Gasteiger charge is 2.41. The first-order chi connectivity index (χ1) is 7.32. The number of hydrogen-bond donors (Lipinski definition) is 0. The Kier molecular flexibility index (Phi) is 3.00. The van der Waals surface area contributed by atoms with Crippen molar-refractivity contribution in [2.75, 3.05) is 11.1 Å². The lowest BCUT2D eigenvalue weighted by molar-refractivity contribution is 0.918. The topological polar surface area (TPSA) is 41.9 Å². The lowest BCUT2D eigenvalue weighted by Gasteiger charge is -2.34. The highest BCUT2D eigenvalue weighted by Crippen LogP contribution is 2.34. The van der Waals surface area contributed by atoms with Gasteiger partial charge in [-0.1, -0.05) is 13.8 Å². The Morgan fingerprint density at radius 3 is 2.53 bits per heavy atom. The number of hydrogen-bond acceptors (Lipinski definition) is 4. The second kappa shape index (κ2) is 4.26. The van der Waals surface area contributed by atoms with Gasteiger partial charge in [-0.3, -0.25) is 0 Å². The summed E-state index contributed by atoms with van der Waals surface area (Å²) in [6, 6.07) is 4.00. The second-order valence-corrected chi connectivity index (χ2v) is 9.03. The monoisotopic (exact) mass is 222 g/mol. The molecule has 0 bridgehead atoms.